The fourth-order valence-electron chi connectivity index (χ4n) is 8.15. The normalized spacial score (nSPS) is 18.4. The molecule has 0 unspecified atom stereocenters. The molecule has 0 bridgehead atoms. The van der Waals surface area contributed by atoms with E-state index in [2.05, 4.69) is 27.2 Å². The first kappa shape index (κ1) is 29.3. The average Bonchev–Trinajstić information content (AvgIpc) is 3.36. The van der Waals surface area contributed by atoms with Gasteiger partial charge < -0.3 is 4.74 Å². The van der Waals surface area contributed by atoms with E-state index in [0.29, 0.717) is 29.9 Å². The second-order valence-corrected chi connectivity index (χ2v) is 15.2. The van der Waals surface area contributed by atoms with E-state index in [1.807, 2.05) is 49.4 Å². The summed E-state index contributed by atoms with van der Waals surface area (Å²) in [7, 11) is -0.386. The zero-order chi connectivity index (χ0) is 32.8. The monoisotopic (exact) mass is 658 g/mol. The number of pyridine rings is 1. The molecular formula is C36H34N8O3S. The van der Waals surface area contributed by atoms with Crippen LogP contribution in [0.5, 0.6) is 0 Å². The van der Waals surface area contributed by atoms with Gasteiger partial charge in [0.05, 0.1) is 53.2 Å². The summed E-state index contributed by atoms with van der Waals surface area (Å²) in [6.45, 7) is 2.02. The molecule has 0 radical (unpaired) electrons. The van der Waals surface area contributed by atoms with Gasteiger partial charge in [-0.2, -0.15) is 15.5 Å². The fourth-order valence-corrected chi connectivity index (χ4v) is 9.66. The molecule has 0 atom stereocenters. The quantitative estimate of drug-likeness (QED) is 0.230. The first-order chi connectivity index (χ1) is 23.2. The SMILES string of the molecule is Cn1cc(-c2c(-c3ccc4c(cnn4C)c3)c3c4c(cnc3n2S(=O)(=O)c2ccccc2)COC42CCN(C3(CC#N)CC3)CC2)cn1. The van der Waals surface area contributed by atoms with Crippen molar-refractivity contribution in [2.75, 3.05) is 13.1 Å². The number of benzene rings is 2. The third-order valence-corrected chi connectivity index (χ3v) is 12.5. The molecule has 12 heteroatoms. The number of rotatable bonds is 6. The summed E-state index contributed by atoms with van der Waals surface area (Å²) < 4.78 is 41.4. The van der Waals surface area contributed by atoms with Crippen molar-refractivity contribution < 1.29 is 13.2 Å². The van der Waals surface area contributed by atoms with Crippen molar-refractivity contribution in [1.29, 1.82) is 5.26 Å². The zero-order valence-electron chi connectivity index (χ0n) is 26.8. The topological polar surface area (TPSA) is 124 Å². The summed E-state index contributed by atoms with van der Waals surface area (Å²) in [5.74, 6) is 0. The van der Waals surface area contributed by atoms with E-state index < -0.39 is 15.6 Å². The van der Waals surface area contributed by atoms with E-state index in [1.165, 1.54) is 3.97 Å². The molecule has 11 nitrogen and oxygen atoms in total. The summed E-state index contributed by atoms with van der Waals surface area (Å²) in [5, 5.41) is 20.2. The number of fused-ring (bicyclic) bond motifs is 5. The maximum Gasteiger partial charge on any atom is 0.269 e. The summed E-state index contributed by atoms with van der Waals surface area (Å²) >= 11 is 0. The van der Waals surface area contributed by atoms with Gasteiger partial charge in [0, 0.05) is 78.1 Å². The number of ether oxygens (including phenoxy) is 1. The second-order valence-electron chi connectivity index (χ2n) is 13.4. The minimum absolute atomic E-state index is 0.0176. The lowest BCUT2D eigenvalue weighted by atomic mass is 9.80. The molecule has 2 aliphatic heterocycles. The third-order valence-electron chi connectivity index (χ3n) is 10.8. The van der Waals surface area contributed by atoms with Crippen molar-refractivity contribution in [3.63, 3.8) is 0 Å². The van der Waals surface area contributed by atoms with Crippen LogP contribution in [0.2, 0.25) is 0 Å². The predicted octanol–water partition coefficient (Wildman–Crippen LogP) is 5.50. The zero-order valence-corrected chi connectivity index (χ0v) is 27.6. The molecule has 3 aliphatic rings. The number of hydrogen-bond donors (Lipinski definition) is 0. The van der Waals surface area contributed by atoms with Crippen LogP contribution < -0.4 is 0 Å². The van der Waals surface area contributed by atoms with Gasteiger partial charge in [0.15, 0.2) is 5.65 Å². The van der Waals surface area contributed by atoms with Crippen molar-refractivity contribution in [3.05, 3.63) is 84.4 Å². The Hall–Kier alpha value is -4.83. The van der Waals surface area contributed by atoms with Crippen molar-refractivity contribution >= 4 is 32.0 Å². The lowest BCUT2D eigenvalue weighted by Gasteiger charge is -2.42. The van der Waals surface area contributed by atoms with E-state index in [0.717, 1.165) is 77.3 Å². The molecule has 1 aliphatic carbocycles. The lowest BCUT2D eigenvalue weighted by molar-refractivity contribution is -0.0855. The van der Waals surface area contributed by atoms with Gasteiger partial charge in [-0.05, 0) is 55.5 Å². The van der Waals surface area contributed by atoms with E-state index >= 15 is 0 Å². The van der Waals surface area contributed by atoms with Crippen LogP contribution >= 0.6 is 0 Å². The molecule has 2 aromatic carbocycles. The Bertz CT molecular complexity index is 2410. The first-order valence-corrected chi connectivity index (χ1v) is 17.7. The minimum Gasteiger partial charge on any atom is -0.365 e. The van der Waals surface area contributed by atoms with Crippen molar-refractivity contribution in [1.82, 2.24) is 33.4 Å². The summed E-state index contributed by atoms with van der Waals surface area (Å²) in [5.41, 5.74) is 5.53. The van der Waals surface area contributed by atoms with Crippen molar-refractivity contribution in [3.8, 4) is 28.5 Å². The predicted molar refractivity (Wildman–Crippen MR) is 180 cm³/mol. The summed E-state index contributed by atoms with van der Waals surface area (Å²) in [6, 6.07) is 17.1. The Kier molecular flexibility index (Phi) is 6.31. The number of likely N-dealkylation sites (tertiary alicyclic amines) is 1. The van der Waals surface area contributed by atoms with Gasteiger partial charge in [0.25, 0.3) is 10.0 Å². The van der Waals surface area contributed by atoms with Gasteiger partial charge in [-0.3, -0.25) is 14.3 Å². The molecule has 2 fully saturated rings. The van der Waals surface area contributed by atoms with Crippen molar-refractivity contribution in [2.45, 2.75) is 54.7 Å². The second kappa shape index (κ2) is 10.3. The Morgan fingerprint density at radius 2 is 1.75 bits per heavy atom. The van der Waals surface area contributed by atoms with Gasteiger partial charge in [-0.25, -0.2) is 17.4 Å². The molecule has 0 N–H and O–H groups in total. The number of aromatic nitrogens is 6. The first-order valence-electron chi connectivity index (χ1n) is 16.3. The molecule has 4 aromatic heterocycles. The van der Waals surface area contributed by atoms with Crippen LogP contribution in [0, 0.1) is 11.3 Å². The number of piperidine rings is 1. The number of hydrogen-bond acceptors (Lipinski definition) is 8. The minimum atomic E-state index is -4.13. The standard InChI is InChI=1S/C36H34N8O3S/c1-41-22-26(21-39-41)33-30(24-8-9-29-25(18-24)20-40-42(29)2)31-32-27(19-38-34(31)44(33)48(45,46)28-6-4-3-5-7-28)23-47-36(32)13-16-43(17-14-36)35(10-11-35)12-15-37/h3-9,18-22H,10-14,16-17,23H2,1-2H3. The molecule has 1 saturated heterocycles. The molecule has 1 saturated carbocycles. The Morgan fingerprint density at radius 3 is 2.46 bits per heavy atom. The van der Waals surface area contributed by atoms with Crippen LogP contribution in [0.15, 0.2) is 78.2 Å². The molecule has 242 valence electrons. The van der Waals surface area contributed by atoms with Crippen LogP contribution in [0.4, 0.5) is 0 Å². The Labute approximate surface area is 278 Å². The van der Waals surface area contributed by atoms with E-state index in [4.69, 9.17) is 9.72 Å². The highest BCUT2D eigenvalue weighted by Gasteiger charge is 2.53. The Balaban J connectivity index is 1.35. The molecule has 48 heavy (non-hydrogen) atoms. The van der Waals surface area contributed by atoms with Crippen LogP contribution in [0.1, 0.15) is 43.2 Å². The summed E-state index contributed by atoms with van der Waals surface area (Å²) in [6.07, 6.45) is 11.3. The van der Waals surface area contributed by atoms with Gasteiger partial charge in [0.1, 0.15) is 0 Å². The molecule has 9 rings (SSSR count). The highest BCUT2D eigenvalue weighted by Crippen LogP contribution is 2.54. The van der Waals surface area contributed by atoms with E-state index in [1.54, 1.807) is 41.3 Å². The maximum absolute atomic E-state index is 14.8. The van der Waals surface area contributed by atoms with Crippen LogP contribution in [0.3, 0.4) is 0 Å². The fraction of sp³-hybridized carbons (Fsp3) is 0.333. The summed E-state index contributed by atoms with van der Waals surface area (Å²) in [4.78, 5) is 7.58. The van der Waals surface area contributed by atoms with E-state index in [-0.39, 0.29) is 10.4 Å². The maximum atomic E-state index is 14.8. The van der Waals surface area contributed by atoms with Gasteiger partial charge in [-0.15, -0.1) is 0 Å². The smallest absolute Gasteiger partial charge is 0.269 e. The molecular weight excluding hydrogens is 625 g/mol. The van der Waals surface area contributed by atoms with Crippen molar-refractivity contribution in [2.24, 2.45) is 14.1 Å². The third kappa shape index (κ3) is 4.17. The van der Waals surface area contributed by atoms with Crippen LogP contribution in [-0.4, -0.2) is 60.5 Å². The molecule has 6 heterocycles. The Morgan fingerprint density at radius 1 is 0.958 bits per heavy atom. The van der Waals surface area contributed by atoms with Crippen LogP contribution in [0.25, 0.3) is 44.3 Å². The highest BCUT2D eigenvalue weighted by molar-refractivity contribution is 7.90. The molecule has 1 spiro atoms. The molecule has 0 amide bonds. The molecule has 6 aromatic rings. The van der Waals surface area contributed by atoms with Gasteiger partial charge >= 0.3 is 0 Å². The largest absolute Gasteiger partial charge is 0.365 e. The average molecular weight is 659 g/mol. The van der Waals surface area contributed by atoms with Gasteiger partial charge in [-0.1, -0.05) is 24.3 Å². The number of nitriles is 1. The highest BCUT2D eigenvalue weighted by atomic mass is 32.2. The van der Waals surface area contributed by atoms with Crippen LogP contribution in [-0.2, 0) is 41.1 Å². The number of nitrogens with zero attached hydrogens (tertiary/aromatic N) is 8. The van der Waals surface area contributed by atoms with Gasteiger partial charge in [0.2, 0.25) is 0 Å². The van der Waals surface area contributed by atoms with E-state index in [9.17, 15) is 13.7 Å². The number of aryl methyl sites for hydroxylation is 2. The lowest BCUT2D eigenvalue weighted by Crippen LogP contribution is -2.48.